The quantitative estimate of drug-likeness (QED) is 0.445. The van der Waals surface area contributed by atoms with Crippen molar-refractivity contribution in [3.63, 3.8) is 0 Å². The molecule has 4 atom stereocenters. The van der Waals surface area contributed by atoms with E-state index in [9.17, 15) is 8.42 Å². The second kappa shape index (κ2) is 9.46. The van der Waals surface area contributed by atoms with Gasteiger partial charge >= 0.3 is 0 Å². The van der Waals surface area contributed by atoms with E-state index in [4.69, 9.17) is 12.2 Å². The number of benzene rings is 1. The number of nitrogens with one attached hydrogen (secondary N) is 2. The van der Waals surface area contributed by atoms with Gasteiger partial charge in [0.25, 0.3) is 10.0 Å². The van der Waals surface area contributed by atoms with Gasteiger partial charge in [-0.3, -0.25) is 9.62 Å². The highest BCUT2D eigenvalue weighted by atomic mass is 32.2. The predicted octanol–water partition coefficient (Wildman–Crippen LogP) is 4.54. The molecular weight excluding hydrogens is 499 g/mol. The summed E-state index contributed by atoms with van der Waals surface area (Å²) in [7, 11) is -3.67. The molecule has 6 rings (SSSR count). The standard InChI is InChI=1S/C25H31N5O2S3/c31-35(32,28-24-26-10-13-34-24)21-8-6-20(7-9-21)27-25(33)30-12-3-4-17-14-18-15-19(23(17)30)16-29-11-2-1-5-22(18)29/h6-10,13-14,18-19,22-23H,1-5,11-12,15-16H2,(H,26,28)(H,27,33). The van der Waals surface area contributed by atoms with E-state index in [1.807, 2.05) is 0 Å². The normalized spacial score (nSPS) is 28.5. The van der Waals surface area contributed by atoms with E-state index in [-0.39, 0.29) is 4.90 Å². The molecule has 7 nitrogen and oxygen atoms in total. The molecule has 0 amide bonds. The molecule has 35 heavy (non-hydrogen) atoms. The number of rotatable bonds is 4. The molecule has 1 aromatic heterocycles. The first-order valence-corrected chi connectivity index (χ1v) is 15.3. The van der Waals surface area contributed by atoms with Crippen LogP contribution in [0.5, 0.6) is 0 Å². The molecule has 0 radical (unpaired) electrons. The number of thiazole rings is 1. The fourth-order valence-corrected chi connectivity index (χ4v) is 8.67. The number of anilines is 2. The topological polar surface area (TPSA) is 77.6 Å². The van der Waals surface area contributed by atoms with Crippen molar-refractivity contribution in [1.82, 2.24) is 14.8 Å². The molecule has 1 aromatic carbocycles. The molecule has 3 fully saturated rings. The zero-order chi connectivity index (χ0) is 24.0. The second-order valence-corrected chi connectivity index (χ2v) is 13.1. The first-order chi connectivity index (χ1) is 17.0. The maximum absolute atomic E-state index is 12.6. The van der Waals surface area contributed by atoms with Crippen molar-refractivity contribution in [3.05, 3.63) is 47.5 Å². The number of sulfonamides is 1. The number of thiocarbonyl (C=S) groups is 1. The van der Waals surface area contributed by atoms with Crippen LogP contribution in [0.15, 0.2) is 52.4 Å². The minimum atomic E-state index is -3.67. The summed E-state index contributed by atoms with van der Waals surface area (Å²) < 4.78 is 27.8. The Bertz CT molecular complexity index is 1210. The Morgan fingerprint density at radius 3 is 2.80 bits per heavy atom. The smallest absolute Gasteiger partial charge is 0.263 e. The van der Waals surface area contributed by atoms with Gasteiger partial charge in [-0.25, -0.2) is 13.4 Å². The Morgan fingerprint density at radius 1 is 1.14 bits per heavy atom. The van der Waals surface area contributed by atoms with Crippen LogP contribution in [0, 0.1) is 11.8 Å². The molecule has 3 aliphatic heterocycles. The van der Waals surface area contributed by atoms with Gasteiger partial charge in [0.2, 0.25) is 0 Å². The predicted molar refractivity (Wildman–Crippen MR) is 144 cm³/mol. The molecule has 2 bridgehead atoms. The third-order valence-corrected chi connectivity index (χ3v) is 10.5. The van der Waals surface area contributed by atoms with E-state index >= 15 is 0 Å². The Balaban J connectivity index is 1.16. The van der Waals surface area contributed by atoms with E-state index in [0.717, 1.165) is 29.8 Å². The van der Waals surface area contributed by atoms with Gasteiger partial charge < -0.3 is 10.2 Å². The average Bonchev–Trinajstić information content (AvgIpc) is 3.36. The highest BCUT2D eigenvalue weighted by Crippen LogP contribution is 2.45. The van der Waals surface area contributed by atoms with Crippen molar-refractivity contribution in [3.8, 4) is 0 Å². The van der Waals surface area contributed by atoms with Gasteiger partial charge in [-0.15, -0.1) is 11.3 Å². The molecule has 4 aliphatic rings. The van der Waals surface area contributed by atoms with E-state index in [1.165, 1.54) is 56.5 Å². The van der Waals surface area contributed by atoms with Gasteiger partial charge in [-0.2, -0.15) is 0 Å². The highest BCUT2D eigenvalue weighted by Gasteiger charge is 2.46. The van der Waals surface area contributed by atoms with Crippen LogP contribution in [0.1, 0.15) is 38.5 Å². The molecule has 1 aliphatic carbocycles. The number of fused-ring (bicyclic) bond motifs is 6. The Morgan fingerprint density at radius 2 is 2.00 bits per heavy atom. The maximum atomic E-state index is 12.6. The van der Waals surface area contributed by atoms with Gasteiger partial charge in [0.15, 0.2) is 10.2 Å². The molecular formula is C25H31N5O2S3. The van der Waals surface area contributed by atoms with Crippen LogP contribution >= 0.6 is 23.6 Å². The first kappa shape index (κ1) is 23.4. The summed E-state index contributed by atoms with van der Waals surface area (Å²) in [6, 6.07) is 7.88. The molecule has 0 saturated carbocycles. The van der Waals surface area contributed by atoms with E-state index in [0.29, 0.717) is 23.0 Å². The molecule has 4 heterocycles. The average molecular weight is 530 g/mol. The number of piperidine rings is 3. The minimum absolute atomic E-state index is 0.198. The van der Waals surface area contributed by atoms with Crippen molar-refractivity contribution < 1.29 is 8.42 Å². The fourth-order valence-electron chi connectivity index (χ4n) is 6.56. The Labute approximate surface area is 216 Å². The summed E-state index contributed by atoms with van der Waals surface area (Å²) in [5.41, 5.74) is 2.38. The lowest BCUT2D eigenvalue weighted by molar-refractivity contribution is 0.0132. The van der Waals surface area contributed by atoms with Crippen molar-refractivity contribution in [1.29, 1.82) is 0 Å². The van der Waals surface area contributed by atoms with Gasteiger partial charge in [-0.1, -0.05) is 18.1 Å². The zero-order valence-corrected chi connectivity index (χ0v) is 22.0. The number of hydrogen-bond acceptors (Lipinski definition) is 6. The minimum Gasteiger partial charge on any atom is -0.342 e. The molecule has 3 saturated heterocycles. The van der Waals surface area contributed by atoms with Crippen LogP contribution in [0.3, 0.4) is 0 Å². The molecule has 2 N–H and O–H groups in total. The number of aromatic nitrogens is 1. The summed E-state index contributed by atoms with van der Waals surface area (Å²) in [5, 5.41) is 6.21. The maximum Gasteiger partial charge on any atom is 0.263 e. The van der Waals surface area contributed by atoms with Gasteiger partial charge in [0, 0.05) is 36.4 Å². The lowest BCUT2D eigenvalue weighted by Gasteiger charge is -2.55. The van der Waals surface area contributed by atoms with Crippen LogP contribution in [-0.2, 0) is 10.0 Å². The van der Waals surface area contributed by atoms with E-state index in [2.05, 4.69) is 30.9 Å². The number of likely N-dealkylation sites (tertiary alicyclic amines) is 1. The summed E-state index contributed by atoms with van der Waals surface area (Å²) in [4.78, 5) is 9.34. The number of hydrogen-bond donors (Lipinski definition) is 2. The van der Waals surface area contributed by atoms with Crippen molar-refractivity contribution >= 4 is 49.5 Å². The van der Waals surface area contributed by atoms with Crippen LogP contribution < -0.4 is 10.0 Å². The molecule has 0 spiro atoms. The molecule has 10 heteroatoms. The fraction of sp³-hybridized carbons (Fsp3) is 0.520. The highest BCUT2D eigenvalue weighted by molar-refractivity contribution is 7.93. The van der Waals surface area contributed by atoms with Crippen molar-refractivity contribution in [2.45, 2.75) is 55.5 Å². The zero-order valence-electron chi connectivity index (χ0n) is 19.6. The Hall–Kier alpha value is -2.01. The first-order valence-electron chi connectivity index (χ1n) is 12.5. The summed E-state index contributed by atoms with van der Waals surface area (Å²) >= 11 is 7.16. The summed E-state index contributed by atoms with van der Waals surface area (Å²) in [6.07, 6.45) is 11.8. The monoisotopic (exact) mass is 529 g/mol. The second-order valence-electron chi connectivity index (χ2n) is 10.1. The van der Waals surface area contributed by atoms with Gasteiger partial charge in [0.05, 0.1) is 10.9 Å². The Kier molecular flexibility index (Phi) is 6.32. The third-order valence-electron chi connectivity index (χ3n) is 7.99. The van der Waals surface area contributed by atoms with Crippen LogP contribution in [0.4, 0.5) is 10.8 Å². The van der Waals surface area contributed by atoms with Crippen LogP contribution in [0.25, 0.3) is 0 Å². The summed E-state index contributed by atoms with van der Waals surface area (Å²) in [6.45, 7) is 3.38. The molecule has 4 unspecified atom stereocenters. The van der Waals surface area contributed by atoms with E-state index in [1.54, 1.807) is 41.4 Å². The third kappa shape index (κ3) is 4.61. The summed E-state index contributed by atoms with van der Waals surface area (Å²) in [5.74, 6) is 1.33. The molecule has 2 aromatic rings. The van der Waals surface area contributed by atoms with Gasteiger partial charge in [0.1, 0.15) is 0 Å². The van der Waals surface area contributed by atoms with Crippen LogP contribution in [0.2, 0.25) is 0 Å². The van der Waals surface area contributed by atoms with Gasteiger partial charge in [-0.05, 0) is 87.0 Å². The number of nitrogens with zero attached hydrogens (tertiary/aromatic N) is 3. The van der Waals surface area contributed by atoms with Crippen molar-refractivity contribution in [2.24, 2.45) is 11.8 Å². The lowest BCUT2D eigenvalue weighted by atomic mass is 9.68. The lowest BCUT2D eigenvalue weighted by Crippen LogP contribution is -2.60. The van der Waals surface area contributed by atoms with Crippen LogP contribution in [-0.4, -0.2) is 60.0 Å². The van der Waals surface area contributed by atoms with E-state index < -0.39 is 10.0 Å². The molecule has 186 valence electrons. The SMILES string of the molecule is O=S(=O)(Nc1nccs1)c1ccc(NC(=S)N2CCCC3=CC4CC(CN5CCCCC45)C32)cc1. The van der Waals surface area contributed by atoms with Crippen molar-refractivity contribution in [2.75, 3.05) is 29.7 Å². The largest absolute Gasteiger partial charge is 0.342 e.